The van der Waals surface area contributed by atoms with Crippen molar-refractivity contribution in [3.05, 3.63) is 111 Å². The fourth-order valence-corrected chi connectivity index (χ4v) is 9.67. The van der Waals surface area contributed by atoms with Crippen LogP contribution in [-0.2, 0) is 31.2 Å². The van der Waals surface area contributed by atoms with Gasteiger partial charge in [-0.2, -0.15) is 26.3 Å². The van der Waals surface area contributed by atoms with E-state index in [1.165, 1.54) is 14.2 Å². The molecule has 3 aromatic heterocycles. The summed E-state index contributed by atoms with van der Waals surface area (Å²) in [5.74, 6) is -0.0256. The van der Waals surface area contributed by atoms with E-state index in [9.17, 15) is 36.2 Å². The number of fused-ring (bicyclic) bond motifs is 1. The average molecular weight is 1060 g/mol. The Balaban J connectivity index is 0.000000295. The summed E-state index contributed by atoms with van der Waals surface area (Å²) in [5, 5.41) is 11.6. The molecule has 5 rings (SSSR count). The molecule has 65 heavy (non-hydrogen) atoms. The van der Waals surface area contributed by atoms with Crippen LogP contribution in [0.2, 0.25) is 19.6 Å². The molecule has 0 unspecified atom stereocenters. The van der Waals surface area contributed by atoms with Crippen molar-refractivity contribution in [2.75, 3.05) is 27.1 Å². The molecule has 2 aromatic carbocycles. The number of methoxy groups -OCH3 is 3. The van der Waals surface area contributed by atoms with E-state index in [2.05, 4.69) is 51.5 Å². The highest BCUT2D eigenvalue weighted by Gasteiger charge is 2.61. The highest BCUT2D eigenvalue weighted by atomic mass is 79.9. The first-order valence-corrected chi connectivity index (χ1v) is 25.2. The number of hydrogen-bond acceptors (Lipinski definition) is 9. The Bertz CT molecular complexity index is 2320. The lowest BCUT2D eigenvalue weighted by Crippen LogP contribution is -2.57. The first-order chi connectivity index (χ1) is 29.8. The number of halogens is 8. The largest absolute Gasteiger partial charge is 0.496 e. The predicted molar refractivity (Wildman–Crippen MR) is 251 cm³/mol. The molecule has 0 spiro atoms. The SMILES string of the molecule is COC(=O)C[C@@](CC(C)(C)c1cc(Br)ccc1OC)(O[Si](C)(C)C)C(F)(F)F.COc1ccc(Br)cc1C(C)(C)C[C@@](O)(Cc1cc2ccncc2[nH]1)C(F)(F)F.Cc1ccncc1N. The number of nitrogens with two attached hydrogens (primary N) is 1. The zero-order valence-corrected chi connectivity index (χ0v) is 42.5. The number of ether oxygens (including phenoxy) is 3. The summed E-state index contributed by atoms with van der Waals surface area (Å²) in [5.41, 5.74) is 1.75. The molecule has 19 heteroatoms. The van der Waals surface area contributed by atoms with Crippen LogP contribution in [0.25, 0.3) is 10.9 Å². The summed E-state index contributed by atoms with van der Waals surface area (Å²) >= 11 is 6.72. The van der Waals surface area contributed by atoms with Crippen molar-refractivity contribution >= 4 is 62.7 Å². The van der Waals surface area contributed by atoms with Crippen LogP contribution in [0.1, 0.15) is 69.3 Å². The molecule has 3 heterocycles. The first kappa shape index (κ1) is 55.2. The van der Waals surface area contributed by atoms with Crippen LogP contribution in [-0.4, -0.2) is 79.2 Å². The summed E-state index contributed by atoms with van der Waals surface area (Å²) in [6.07, 6.45) is -5.60. The molecule has 0 saturated heterocycles. The number of H-pyrrole nitrogens is 1. The third-order valence-corrected chi connectivity index (χ3v) is 12.5. The Hall–Kier alpha value is -4.17. The number of benzene rings is 2. The predicted octanol–water partition coefficient (Wildman–Crippen LogP) is 12.4. The smallest absolute Gasteiger partial charge is 0.417 e. The normalized spacial score (nSPS) is 14.2. The van der Waals surface area contributed by atoms with E-state index in [1.807, 2.05) is 13.0 Å². The standard InChI is InChI=1S/C21H22BrF3N2O2.C19H28BrF3O4Si.C6H8N2/c1-19(2,16-9-14(22)4-5-18(16)29-3)12-20(28,21(23,24)25)10-15-8-13-6-7-26-11-17(13)27-15;1-17(2,14-10-13(20)8-9-15(14)25-3)12-18(19(21,22)23,11-16(24)26-4)27-28(5,6)7;1-5-2-3-8-4-6(5)7/h4-9,11,27-28H,10,12H2,1-3H3;8-10H,11-12H2,1-7H3;2-4H,7H2,1H3/t20-;18-;/m00./s1. The van der Waals surface area contributed by atoms with Crippen molar-refractivity contribution < 1.29 is 54.9 Å². The molecule has 0 aliphatic heterocycles. The number of rotatable bonds is 14. The molecule has 0 fully saturated rings. The van der Waals surface area contributed by atoms with Crippen LogP contribution in [0.3, 0.4) is 0 Å². The number of aromatic amines is 1. The van der Waals surface area contributed by atoms with Gasteiger partial charge in [-0.1, -0.05) is 59.6 Å². The van der Waals surface area contributed by atoms with Crippen molar-refractivity contribution in [3.63, 3.8) is 0 Å². The molecule has 0 amide bonds. The topological polar surface area (TPSA) is 142 Å². The van der Waals surface area contributed by atoms with Gasteiger partial charge in [0, 0.05) is 56.2 Å². The number of nitrogens with zero attached hydrogens (tertiary/aromatic N) is 2. The number of aliphatic hydroxyl groups is 1. The number of carbonyl (C=O) groups excluding carboxylic acids is 1. The number of hydrogen-bond donors (Lipinski definition) is 3. The van der Waals surface area contributed by atoms with Gasteiger partial charge in [-0.25, -0.2) is 0 Å². The lowest BCUT2D eigenvalue weighted by molar-refractivity contribution is -0.266. The number of alkyl halides is 6. The number of esters is 1. The number of anilines is 1. The molecule has 0 saturated carbocycles. The minimum absolute atomic E-state index is 0.296. The number of aryl methyl sites for hydroxylation is 1. The molecule has 2 atom stereocenters. The van der Waals surface area contributed by atoms with Crippen molar-refractivity contribution in [2.24, 2.45) is 0 Å². The summed E-state index contributed by atoms with van der Waals surface area (Å²) in [7, 11) is 1.32. The van der Waals surface area contributed by atoms with Gasteiger partial charge in [-0.3, -0.25) is 14.8 Å². The lowest BCUT2D eigenvalue weighted by atomic mass is 9.73. The Kier molecular flexibility index (Phi) is 18.4. The molecule has 358 valence electrons. The van der Waals surface area contributed by atoms with E-state index in [-0.39, 0.29) is 0 Å². The average Bonchev–Trinajstić information content (AvgIpc) is 3.59. The van der Waals surface area contributed by atoms with Crippen LogP contribution < -0.4 is 15.2 Å². The summed E-state index contributed by atoms with van der Waals surface area (Å²) < 4.78 is 108. The maximum absolute atomic E-state index is 14.4. The number of pyridine rings is 2. The Labute approximate surface area is 394 Å². The monoisotopic (exact) mass is 1060 g/mol. The lowest BCUT2D eigenvalue weighted by Gasteiger charge is -2.44. The van der Waals surface area contributed by atoms with Crippen LogP contribution in [0.15, 0.2) is 88.3 Å². The maximum atomic E-state index is 14.4. The number of nitrogens with one attached hydrogen (secondary N) is 1. The van der Waals surface area contributed by atoms with Gasteiger partial charge in [0.05, 0.1) is 45.2 Å². The molecule has 5 aromatic rings. The molecular weight excluding hydrogens is 1010 g/mol. The van der Waals surface area contributed by atoms with Crippen molar-refractivity contribution in [1.82, 2.24) is 15.0 Å². The van der Waals surface area contributed by atoms with E-state index in [0.717, 1.165) is 28.2 Å². The molecule has 0 bridgehead atoms. The van der Waals surface area contributed by atoms with Gasteiger partial charge in [0.1, 0.15) is 11.5 Å². The van der Waals surface area contributed by atoms with Gasteiger partial charge in [-0.05, 0) is 110 Å². The van der Waals surface area contributed by atoms with E-state index >= 15 is 0 Å². The van der Waals surface area contributed by atoms with Gasteiger partial charge < -0.3 is 34.5 Å². The highest BCUT2D eigenvalue weighted by Crippen LogP contribution is 2.49. The molecular formula is C46H58Br2F6N4O6Si. The zero-order valence-electron chi connectivity index (χ0n) is 38.3. The first-order valence-electron chi connectivity index (χ1n) is 20.2. The number of nitrogen functional groups attached to an aromatic ring is 1. The maximum Gasteiger partial charge on any atom is 0.417 e. The van der Waals surface area contributed by atoms with Gasteiger partial charge in [-0.15, -0.1) is 0 Å². The van der Waals surface area contributed by atoms with Crippen molar-refractivity contribution in [3.8, 4) is 11.5 Å². The Morgan fingerprint density at radius 2 is 1.28 bits per heavy atom. The molecule has 10 nitrogen and oxygen atoms in total. The van der Waals surface area contributed by atoms with Gasteiger partial charge in [0.2, 0.25) is 0 Å². The van der Waals surface area contributed by atoms with E-state index in [0.29, 0.717) is 38.3 Å². The third-order valence-electron chi connectivity index (χ3n) is 10.5. The second-order valence-corrected chi connectivity index (χ2v) is 24.2. The molecule has 0 radical (unpaired) electrons. The highest BCUT2D eigenvalue weighted by molar-refractivity contribution is 9.10. The Morgan fingerprint density at radius 1 is 0.769 bits per heavy atom. The summed E-state index contributed by atoms with van der Waals surface area (Å²) in [6.45, 7) is 13.7. The van der Waals surface area contributed by atoms with Gasteiger partial charge >= 0.3 is 18.3 Å². The fraction of sp³-hybridized carbons (Fsp3) is 0.457. The fourth-order valence-electron chi connectivity index (χ4n) is 7.52. The summed E-state index contributed by atoms with van der Waals surface area (Å²) in [6, 6.07) is 15.6. The zero-order chi connectivity index (χ0) is 49.4. The van der Waals surface area contributed by atoms with Crippen molar-refractivity contribution in [1.29, 1.82) is 0 Å². The van der Waals surface area contributed by atoms with Crippen LogP contribution in [0.5, 0.6) is 11.5 Å². The van der Waals surface area contributed by atoms with Gasteiger partial charge in [0.15, 0.2) is 19.5 Å². The van der Waals surface area contributed by atoms with Gasteiger partial charge in [0.25, 0.3) is 0 Å². The van der Waals surface area contributed by atoms with Crippen LogP contribution in [0.4, 0.5) is 32.0 Å². The molecule has 0 aliphatic carbocycles. The number of aromatic nitrogens is 3. The third kappa shape index (κ3) is 14.9. The van der Waals surface area contributed by atoms with E-state index in [4.69, 9.17) is 19.6 Å². The van der Waals surface area contributed by atoms with Crippen LogP contribution >= 0.6 is 31.9 Å². The molecule has 4 N–H and O–H groups in total. The minimum atomic E-state index is -4.82. The minimum Gasteiger partial charge on any atom is -0.496 e. The van der Waals surface area contributed by atoms with E-state index in [1.54, 1.807) is 121 Å². The number of carbonyl (C=O) groups is 1. The Morgan fingerprint density at radius 3 is 1.69 bits per heavy atom. The quantitative estimate of drug-likeness (QED) is 0.0563. The second-order valence-electron chi connectivity index (χ2n) is 18.0. The second kappa shape index (κ2) is 21.6. The molecule has 0 aliphatic rings. The summed E-state index contributed by atoms with van der Waals surface area (Å²) in [4.78, 5) is 22.7. The van der Waals surface area contributed by atoms with E-state index < -0.39 is 74.4 Å². The van der Waals surface area contributed by atoms with Crippen molar-refractivity contribution in [2.45, 2.75) is 114 Å². The van der Waals surface area contributed by atoms with Crippen LogP contribution in [0, 0.1) is 6.92 Å².